The third kappa shape index (κ3) is 3.75. The molecule has 0 aliphatic heterocycles. The van der Waals surface area contributed by atoms with Gasteiger partial charge in [-0.1, -0.05) is 12.1 Å². The maximum absolute atomic E-state index is 11.8. The number of carbonyl (C=O) groups excluding carboxylic acids is 1. The largest absolute Gasteiger partial charge is 0.478 e. The Bertz CT molecular complexity index is 621. The van der Waals surface area contributed by atoms with Gasteiger partial charge in [-0.15, -0.1) is 11.3 Å². The summed E-state index contributed by atoms with van der Waals surface area (Å²) >= 11 is 1.25. The quantitative estimate of drug-likeness (QED) is 0.839. The number of hydrogen-bond donors (Lipinski definition) is 2. The van der Waals surface area contributed by atoms with Crippen molar-refractivity contribution in [2.75, 3.05) is 5.32 Å². The van der Waals surface area contributed by atoms with Crippen molar-refractivity contribution in [3.63, 3.8) is 0 Å². The summed E-state index contributed by atoms with van der Waals surface area (Å²) in [7, 11) is 0. The monoisotopic (exact) mass is 274 g/mol. The summed E-state index contributed by atoms with van der Waals surface area (Å²) in [6, 6.07) is 6.92. The van der Waals surface area contributed by atoms with Crippen LogP contribution in [0.5, 0.6) is 0 Å². The Labute approximate surface area is 113 Å². The van der Waals surface area contributed by atoms with Crippen molar-refractivity contribution in [2.45, 2.75) is 0 Å². The zero-order chi connectivity index (χ0) is 13.7. The molecular formula is C13H10N2O3S. The van der Waals surface area contributed by atoms with Gasteiger partial charge in [-0.25, -0.2) is 4.79 Å². The molecule has 96 valence electrons. The molecule has 2 rings (SSSR count). The summed E-state index contributed by atoms with van der Waals surface area (Å²) in [5, 5.41) is 11.3. The van der Waals surface area contributed by atoms with Gasteiger partial charge in [0, 0.05) is 11.8 Å². The summed E-state index contributed by atoms with van der Waals surface area (Å²) in [4.78, 5) is 26.6. The number of carboxylic acid groups (broad SMARTS) is 1. The predicted octanol–water partition coefficient (Wildman–Crippen LogP) is 2.49. The van der Waals surface area contributed by atoms with Gasteiger partial charge in [-0.05, 0) is 23.8 Å². The fraction of sp³-hybridized carbons (Fsp3) is 0. The molecule has 1 aromatic carbocycles. The first-order valence-corrected chi connectivity index (χ1v) is 6.24. The molecule has 0 aliphatic carbocycles. The van der Waals surface area contributed by atoms with Gasteiger partial charge in [0.2, 0.25) is 0 Å². The lowest BCUT2D eigenvalue weighted by Gasteiger charge is -2.04. The minimum Gasteiger partial charge on any atom is -0.478 e. The predicted molar refractivity (Wildman–Crippen MR) is 73.2 cm³/mol. The highest BCUT2D eigenvalue weighted by Gasteiger charge is 2.07. The number of anilines is 1. The number of nitrogens with zero attached hydrogens (tertiary/aromatic N) is 1. The molecule has 1 aromatic heterocycles. The van der Waals surface area contributed by atoms with Crippen LogP contribution < -0.4 is 5.32 Å². The van der Waals surface area contributed by atoms with Gasteiger partial charge in [-0.3, -0.25) is 9.78 Å². The van der Waals surface area contributed by atoms with Crippen molar-refractivity contribution < 1.29 is 14.7 Å². The van der Waals surface area contributed by atoms with E-state index < -0.39 is 5.97 Å². The minimum atomic E-state index is -1.01. The summed E-state index contributed by atoms with van der Waals surface area (Å²) in [6.45, 7) is 0. The van der Waals surface area contributed by atoms with E-state index in [1.807, 2.05) is 0 Å². The van der Waals surface area contributed by atoms with Crippen LogP contribution in [0.15, 0.2) is 42.0 Å². The lowest BCUT2D eigenvalue weighted by atomic mass is 10.2. The van der Waals surface area contributed by atoms with Gasteiger partial charge in [0.25, 0.3) is 5.91 Å². The number of nitrogens with one attached hydrogen (secondary N) is 1. The highest BCUT2D eigenvalue weighted by molar-refractivity contribution is 7.11. The first-order chi connectivity index (χ1) is 9.15. The van der Waals surface area contributed by atoms with E-state index in [0.717, 1.165) is 6.08 Å². The molecule has 0 fully saturated rings. The second-order valence-corrected chi connectivity index (χ2v) is 4.50. The normalized spacial score (nSPS) is 10.5. The van der Waals surface area contributed by atoms with Crippen LogP contribution in [-0.4, -0.2) is 22.0 Å². The summed E-state index contributed by atoms with van der Waals surface area (Å²) in [5.74, 6) is -1.25. The number of aliphatic carboxylic acids is 1. The molecule has 0 radical (unpaired) electrons. The Kier molecular flexibility index (Phi) is 4.04. The molecular weight excluding hydrogens is 264 g/mol. The van der Waals surface area contributed by atoms with Crippen LogP contribution in [0.3, 0.4) is 0 Å². The molecule has 1 amide bonds. The number of aromatic nitrogens is 1. The molecule has 2 N–H and O–H groups in total. The average Bonchev–Trinajstić information content (AvgIpc) is 2.91. The van der Waals surface area contributed by atoms with Crippen LogP contribution >= 0.6 is 11.3 Å². The minimum absolute atomic E-state index is 0.234. The number of carbonyl (C=O) groups is 2. The van der Waals surface area contributed by atoms with E-state index in [1.165, 1.54) is 23.6 Å². The van der Waals surface area contributed by atoms with Crippen LogP contribution in [0.1, 0.15) is 15.2 Å². The second-order valence-electron chi connectivity index (χ2n) is 3.62. The molecule has 0 saturated carbocycles. The number of thiazole rings is 1. The van der Waals surface area contributed by atoms with Gasteiger partial charge in [0.15, 0.2) is 0 Å². The molecule has 0 bridgehead atoms. The Morgan fingerprint density at radius 3 is 2.89 bits per heavy atom. The van der Waals surface area contributed by atoms with Crippen molar-refractivity contribution >= 4 is 35.0 Å². The highest BCUT2D eigenvalue weighted by Crippen LogP contribution is 2.14. The SMILES string of the molecule is O=C(O)/C=C/c1cccc(NC(=O)c2cncs2)c1. The van der Waals surface area contributed by atoms with Gasteiger partial charge >= 0.3 is 5.97 Å². The topological polar surface area (TPSA) is 79.3 Å². The van der Waals surface area contributed by atoms with Gasteiger partial charge in [0.1, 0.15) is 4.88 Å². The maximum atomic E-state index is 11.8. The van der Waals surface area contributed by atoms with E-state index in [1.54, 1.807) is 29.8 Å². The molecule has 1 heterocycles. The Morgan fingerprint density at radius 1 is 1.37 bits per heavy atom. The van der Waals surface area contributed by atoms with Crippen LogP contribution in [-0.2, 0) is 4.79 Å². The lowest BCUT2D eigenvalue weighted by molar-refractivity contribution is -0.131. The Morgan fingerprint density at radius 2 is 2.21 bits per heavy atom. The van der Waals surface area contributed by atoms with Crippen LogP contribution in [0.25, 0.3) is 6.08 Å². The smallest absolute Gasteiger partial charge is 0.328 e. The molecule has 0 unspecified atom stereocenters. The molecule has 0 atom stereocenters. The molecule has 19 heavy (non-hydrogen) atoms. The number of benzene rings is 1. The Balaban J connectivity index is 2.11. The number of amides is 1. The van der Waals surface area contributed by atoms with Crippen molar-refractivity contribution in [3.8, 4) is 0 Å². The summed E-state index contributed by atoms with van der Waals surface area (Å²) in [5.41, 5.74) is 2.89. The van der Waals surface area contributed by atoms with E-state index in [4.69, 9.17) is 5.11 Å². The first kappa shape index (κ1) is 13.0. The number of carboxylic acids is 1. The fourth-order valence-electron chi connectivity index (χ4n) is 1.41. The van der Waals surface area contributed by atoms with E-state index in [9.17, 15) is 9.59 Å². The van der Waals surface area contributed by atoms with Gasteiger partial charge in [-0.2, -0.15) is 0 Å². The van der Waals surface area contributed by atoms with Crippen LogP contribution in [0, 0.1) is 0 Å². The zero-order valence-corrected chi connectivity index (χ0v) is 10.6. The van der Waals surface area contributed by atoms with Gasteiger partial charge in [0.05, 0.1) is 11.7 Å². The summed E-state index contributed by atoms with van der Waals surface area (Å²) in [6.07, 6.45) is 4.00. The average molecular weight is 274 g/mol. The second kappa shape index (κ2) is 5.92. The zero-order valence-electron chi connectivity index (χ0n) is 9.74. The van der Waals surface area contributed by atoms with Crippen LogP contribution in [0.4, 0.5) is 5.69 Å². The number of hydrogen-bond acceptors (Lipinski definition) is 4. The first-order valence-electron chi connectivity index (χ1n) is 5.36. The molecule has 5 nitrogen and oxygen atoms in total. The fourth-order valence-corrected chi connectivity index (χ4v) is 1.92. The summed E-state index contributed by atoms with van der Waals surface area (Å²) < 4.78 is 0. The standard InChI is InChI=1S/C13H10N2O3S/c16-12(17)5-4-9-2-1-3-10(6-9)15-13(18)11-7-14-8-19-11/h1-8H,(H,15,18)(H,16,17)/b5-4+. The highest BCUT2D eigenvalue weighted by atomic mass is 32.1. The maximum Gasteiger partial charge on any atom is 0.328 e. The van der Waals surface area contributed by atoms with Crippen molar-refractivity contribution in [3.05, 3.63) is 52.5 Å². The van der Waals surface area contributed by atoms with Gasteiger partial charge < -0.3 is 10.4 Å². The van der Waals surface area contributed by atoms with E-state index in [0.29, 0.717) is 16.1 Å². The van der Waals surface area contributed by atoms with Crippen molar-refractivity contribution in [1.82, 2.24) is 4.98 Å². The third-order valence-corrected chi connectivity index (χ3v) is 2.99. The van der Waals surface area contributed by atoms with Crippen molar-refractivity contribution in [1.29, 1.82) is 0 Å². The molecule has 0 spiro atoms. The number of rotatable bonds is 4. The Hall–Kier alpha value is -2.47. The molecule has 0 saturated heterocycles. The molecule has 6 heteroatoms. The van der Waals surface area contributed by atoms with Crippen LogP contribution in [0.2, 0.25) is 0 Å². The van der Waals surface area contributed by atoms with E-state index >= 15 is 0 Å². The third-order valence-electron chi connectivity index (χ3n) is 2.22. The lowest BCUT2D eigenvalue weighted by Crippen LogP contribution is -2.10. The molecule has 0 aliphatic rings. The van der Waals surface area contributed by atoms with E-state index in [-0.39, 0.29) is 5.91 Å². The van der Waals surface area contributed by atoms with E-state index in [2.05, 4.69) is 10.3 Å². The molecule has 2 aromatic rings. The van der Waals surface area contributed by atoms with Crippen molar-refractivity contribution in [2.24, 2.45) is 0 Å².